The molecule has 0 aliphatic rings. The molecule has 0 fully saturated rings. The van der Waals surface area contributed by atoms with Crippen molar-refractivity contribution in [1.82, 2.24) is 5.43 Å². The number of carbonyl (C=O) groups excluding carboxylic acids is 1. The van der Waals surface area contributed by atoms with Crippen LogP contribution in [0.2, 0.25) is 10.0 Å². The van der Waals surface area contributed by atoms with Crippen LogP contribution in [0.25, 0.3) is 11.3 Å². The van der Waals surface area contributed by atoms with Gasteiger partial charge in [0.05, 0.1) is 11.2 Å². The molecule has 3 rings (SSSR count). The van der Waals surface area contributed by atoms with Gasteiger partial charge in [-0.1, -0.05) is 41.4 Å². The van der Waals surface area contributed by atoms with Gasteiger partial charge in [-0.3, -0.25) is 0 Å². The van der Waals surface area contributed by atoms with Gasteiger partial charge in [0, 0.05) is 16.3 Å². The van der Waals surface area contributed by atoms with Crippen molar-refractivity contribution in [3.63, 3.8) is 0 Å². The summed E-state index contributed by atoms with van der Waals surface area (Å²) in [4.78, 5) is 11.7. The Hall–Kier alpha value is -2.76. The molecule has 2 N–H and O–H groups in total. The maximum atomic E-state index is 11.7. The van der Waals surface area contributed by atoms with Crippen LogP contribution in [0.1, 0.15) is 5.76 Å². The Morgan fingerprint density at radius 2 is 1.84 bits per heavy atom. The van der Waals surface area contributed by atoms with Crippen molar-refractivity contribution in [2.75, 3.05) is 5.32 Å². The smallest absolute Gasteiger partial charge is 0.339 e. The average Bonchev–Trinajstić information content (AvgIpc) is 3.04. The van der Waals surface area contributed by atoms with E-state index >= 15 is 0 Å². The SMILES string of the molecule is O=C(N/N=C\c1ccc(-c2ccc(Cl)cc2Cl)o1)Nc1ccccc1. The number of furan rings is 1. The van der Waals surface area contributed by atoms with Gasteiger partial charge >= 0.3 is 6.03 Å². The molecule has 0 saturated carbocycles. The zero-order valence-electron chi connectivity index (χ0n) is 12.9. The fourth-order valence-electron chi connectivity index (χ4n) is 2.09. The molecule has 3 aromatic rings. The van der Waals surface area contributed by atoms with Crippen LogP contribution in [0.5, 0.6) is 0 Å². The van der Waals surface area contributed by atoms with Gasteiger partial charge in [0.25, 0.3) is 0 Å². The number of hydrogen-bond acceptors (Lipinski definition) is 3. The molecule has 1 heterocycles. The molecular weight excluding hydrogens is 361 g/mol. The molecule has 0 radical (unpaired) electrons. The average molecular weight is 374 g/mol. The van der Waals surface area contributed by atoms with Gasteiger partial charge in [0.15, 0.2) is 0 Å². The lowest BCUT2D eigenvalue weighted by atomic mass is 10.2. The lowest BCUT2D eigenvalue weighted by Crippen LogP contribution is -2.24. The van der Waals surface area contributed by atoms with Crippen molar-refractivity contribution in [3.8, 4) is 11.3 Å². The van der Waals surface area contributed by atoms with E-state index in [-0.39, 0.29) is 0 Å². The van der Waals surface area contributed by atoms with E-state index < -0.39 is 6.03 Å². The molecule has 0 aliphatic carbocycles. The van der Waals surface area contributed by atoms with Crippen LogP contribution in [0.3, 0.4) is 0 Å². The summed E-state index contributed by atoms with van der Waals surface area (Å²) in [6.07, 6.45) is 1.40. The summed E-state index contributed by atoms with van der Waals surface area (Å²) in [7, 11) is 0. The molecule has 0 spiro atoms. The van der Waals surface area contributed by atoms with Gasteiger partial charge in [-0.05, 0) is 42.5 Å². The van der Waals surface area contributed by atoms with Crippen LogP contribution in [-0.2, 0) is 0 Å². The predicted molar refractivity (Wildman–Crippen MR) is 100 cm³/mol. The number of benzene rings is 2. The van der Waals surface area contributed by atoms with Crippen molar-refractivity contribution in [2.24, 2.45) is 5.10 Å². The van der Waals surface area contributed by atoms with Gasteiger partial charge < -0.3 is 9.73 Å². The summed E-state index contributed by atoms with van der Waals surface area (Å²) < 4.78 is 5.64. The van der Waals surface area contributed by atoms with E-state index in [4.69, 9.17) is 27.6 Å². The van der Waals surface area contributed by atoms with Gasteiger partial charge in [-0.15, -0.1) is 0 Å². The number of para-hydroxylation sites is 1. The lowest BCUT2D eigenvalue weighted by Gasteiger charge is -2.02. The van der Waals surface area contributed by atoms with Crippen LogP contribution in [0.15, 0.2) is 70.2 Å². The zero-order valence-corrected chi connectivity index (χ0v) is 14.4. The molecule has 0 unspecified atom stereocenters. The number of urea groups is 1. The molecule has 126 valence electrons. The first-order valence-electron chi connectivity index (χ1n) is 7.32. The minimum absolute atomic E-state index is 0.449. The number of rotatable bonds is 4. The van der Waals surface area contributed by atoms with E-state index in [9.17, 15) is 4.79 Å². The van der Waals surface area contributed by atoms with E-state index in [1.165, 1.54) is 6.21 Å². The monoisotopic (exact) mass is 373 g/mol. The number of amides is 2. The topological polar surface area (TPSA) is 66.6 Å². The minimum Gasteiger partial charge on any atom is -0.455 e. The third-order valence-electron chi connectivity index (χ3n) is 3.21. The molecule has 2 aromatic carbocycles. The number of halogens is 2. The Labute approximate surface area is 154 Å². The van der Waals surface area contributed by atoms with Crippen LogP contribution in [0, 0.1) is 0 Å². The van der Waals surface area contributed by atoms with Crippen molar-refractivity contribution < 1.29 is 9.21 Å². The molecule has 25 heavy (non-hydrogen) atoms. The summed E-state index contributed by atoms with van der Waals surface area (Å²) >= 11 is 12.0. The van der Waals surface area contributed by atoms with Crippen LogP contribution in [0.4, 0.5) is 10.5 Å². The van der Waals surface area contributed by atoms with E-state index in [1.807, 2.05) is 18.2 Å². The fraction of sp³-hybridized carbons (Fsp3) is 0. The predicted octanol–water partition coefficient (Wildman–Crippen LogP) is 5.41. The normalized spacial score (nSPS) is 10.8. The van der Waals surface area contributed by atoms with Crippen LogP contribution >= 0.6 is 23.2 Å². The molecule has 7 heteroatoms. The van der Waals surface area contributed by atoms with E-state index in [0.717, 1.165) is 5.56 Å². The Morgan fingerprint density at radius 1 is 1.04 bits per heavy atom. The van der Waals surface area contributed by atoms with Gasteiger partial charge in [-0.25, -0.2) is 10.2 Å². The second-order valence-electron chi connectivity index (χ2n) is 5.02. The summed E-state index contributed by atoms with van der Waals surface area (Å²) in [6.45, 7) is 0. The second-order valence-corrected chi connectivity index (χ2v) is 5.86. The fourth-order valence-corrected chi connectivity index (χ4v) is 2.59. The number of hydrazone groups is 1. The largest absolute Gasteiger partial charge is 0.455 e. The van der Waals surface area contributed by atoms with Crippen molar-refractivity contribution in [3.05, 3.63) is 76.5 Å². The van der Waals surface area contributed by atoms with Gasteiger partial charge in [-0.2, -0.15) is 5.10 Å². The standard InChI is InChI=1S/C18H13Cl2N3O2/c19-12-6-8-15(16(20)10-12)17-9-7-14(25-17)11-21-23-18(24)22-13-4-2-1-3-5-13/h1-11H,(H2,22,23,24)/b21-11-. The zero-order chi connectivity index (χ0) is 17.6. The second kappa shape index (κ2) is 7.88. The number of nitrogens with one attached hydrogen (secondary N) is 2. The highest BCUT2D eigenvalue weighted by Gasteiger charge is 2.08. The Morgan fingerprint density at radius 3 is 2.60 bits per heavy atom. The third-order valence-corrected chi connectivity index (χ3v) is 3.76. The van der Waals surface area contributed by atoms with Gasteiger partial charge in [0.1, 0.15) is 11.5 Å². The number of carbonyl (C=O) groups is 1. The lowest BCUT2D eigenvalue weighted by molar-refractivity contribution is 0.252. The summed E-state index contributed by atoms with van der Waals surface area (Å²) in [5.41, 5.74) is 3.76. The Bertz CT molecular complexity index is 908. The van der Waals surface area contributed by atoms with Crippen molar-refractivity contribution in [2.45, 2.75) is 0 Å². The van der Waals surface area contributed by atoms with Crippen molar-refractivity contribution in [1.29, 1.82) is 0 Å². The van der Waals surface area contributed by atoms with Crippen LogP contribution < -0.4 is 10.7 Å². The Balaban J connectivity index is 1.61. The first-order valence-corrected chi connectivity index (χ1v) is 8.08. The van der Waals surface area contributed by atoms with E-state index in [1.54, 1.807) is 42.5 Å². The molecule has 2 amide bonds. The quantitative estimate of drug-likeness (QED) is 0.474. The highest BCUT2D eigenvalue weighted by atomic mass is 35.5. The highest BCUT2D eigenvalue weighted by molar-refractivity contribution is 6.36. The summed E-state index contributed by atoms with van der Waals surface area (Å²) in [5, 5.41) is 7.54. The van der Waals surface area contributed by atoms with E-state index in [0.29, 0.717) is 27.3 Å². The maximum Gasteiger partial charge on any atom is 0.339 e. The highest BCUT2D eigenvalue weighted by Crippen LogP contribution is 2.31. The first kappa shape index (κ1) is 17.1. The number of anilines is 1. The third kappa shape index (κ3) is 4.62. The van der Waals surface area contributed by atoms with Gasteiger partial charge in [0.2, 0.25) is 0 Å². The summed E-state index contributed by atoms with van der Waals surface area (Å²) in [5.74, 6) is 1.05. The molecule has 1 aromatic heterocycles. The Kier molecular flexibility index (Phi) is 5.38. The minimum atomic E-state index is -0.449. The molecule has 0 saturated heterocycles. The number of nitrogens with zero attached hydrogens (tertiary/aromatic N) is 1. The summed E-state index contributed by atoms with van der Waals surface area (Å²) in [6, 6.07) is 17.2. The molecular formula is C18H13Cl2N3O2. The number of hydrogen-bond donors (Lipinski definition) is 2. The molecule has 0 aliphatic heterocycles. The van der Waals surface area contributed by atoms with Crippen LogP contribution in [-0.4, -0.2) is 12.2 Å². The molecule has 5 nitrogen and oxygen atoms in total. The van der Waals surface area contributed by atoms with E-state index in [2.05, 4.69) is 15.8 Å². The molecule has 0 bridgehead atoms. The molecule has 0 atom stereocenters. The maximum absolute atomic E-state index is 11.7. The first-order chi connectivity index (χ1) is 12.1. The van der Waals surface area contributed by atoms with Crippen molar-refractivity contribution >= 4 is 41.1 Å².